The summed E-state index contributed by atoms with van der Waals surface area (Å²) in [7, 11) is 0. The van der Waals surface area contributed by atoms with Crippen LogP contribution in [0.15, 0.2) is 50.3 Å². The first-order valence-corrected chi connectivity index (χ1v) is 11.8. The van der Waals surface area contributed by atoms with Crippen molar-refractivity contribution in [2.75, 3.05) is 0 Å². The van der Waals surface area contributed by atoms with Crippen LogP contribution in [-0.4, -0.2) is 12.1 Å². The lowest BCUT2D eigenvalue weighted by Gasteiger charge is -2.12. The van der Waals surface area contributed by atoms with Crippen molar-refractivity contribution in [3.8, 4) is 0 Å². The largest absolute Gasteiger partial charge is 0.448 e. The molecule has 0 radical (unpaired) electrons. The van der Waals surface area contributed by atoms with Gasteiger partial charge in [0, 0.05) is 40.1 Å². The Balaban J connectivity index is 1.61. The van der Waals surface area contributed by atoms with E-state index >= 15 is 0 Å². The molecule has 1 aromatic carbocycles. The van der Waals surface area contributed by atoms with Gasteiger partial charge in [-0.3, -0.25) is 4.79 Å². The van der Waals surface area contributed by atoms with E-state index in [1.165, 1.54) is 16.9 Å². The summed E-state index contributed by atoms with van der Waals surface area (Å²) in [5.41, 5.74) is 2.98. The molecule has 0 spiro atoms. The summed E-state index contributed by atoms with van der Waals surface area (Å²) in [5, 5.41) is 3.83. The van der Waals surface area contributed by atoms with E-state index in [4.69, 9.17) is 4.42 Å². The average molecular weight is 569 g/mol. The number of fused-ring (bicyclic) bond motifs is 1. The highest BCUT2D eigenvalue weighted by Gasteiger charge is 2.25. The molecule has 0 aliphatic heterocycles. The molecule has 4 rings (SSSR count). The van der Waals surface area contributed by atoms with Gasteiger partial charge in [-0.15, -0.1) is 11.3 Å². The van der Waals surface area contributed by atoms with E-state index in [-0.39, 0.29) is 5.91 Å². The number of aryl methyl sites for hydroxylation is 1. The third-order valence-corrected chi connectivity index (χ3v) is 7.98. The van der Waals surface area contributed by atoms with Crippen LogP contribution in [0.25, 0.3) is 0 Å². The minimum Gasteiger partial charge on any atom is -0.448 e. The lowest BCUT2D eigenvalue weighted by atomic mass is 9.95. The van der Waals surface area contributed by atoms with E-state index in [0.717, 1.165) is 43.6 Å². The van der Waals surface area contributed by atoms with Crippen molar-refractivity contribution in [1.82, 2.24) is 5.32 Å². The SMILES string of the molecule is O=C(NCc1ccccc1)c1c(N=Cc2cc(Br)c(I)o2)sc2c1CCCC2. The molecule has 0 fully saturated rings. The van der Waals surface area contributed by atoms with E-state index in [9.17, 15) is 4.79 Å². The number of hydrogen-bond acceptors (Lipinski definition) is 4. The second kappa shape index (κ2) is 8.92. The Bertz CT molecular complexity index is 1010. The Morgan fingerprint density at radius 3 is 2.82 bits per heavy atom. The van der Waals surface area contributed by atoms with Gasteiger partial charge in [0.25, 0.3) is 5.91 Å². The van der Waals surface area contributed by atoms with E-state index in [1.807, 2.05) is 36.4 Å². The van der Waals surface area contributed by atoms with Crippen LogP contribution in [0.4, 0.5) is 5.00 Å². The van der Waals surface area contributed by atoms with Crippen LogP contribution >= 0.6 is 49.9 Å². The second-order valence-electron chi connectivity index (χ2n) is 6.59. The van der Waals surface area contributed by atoms with Crippen LogP contribution in [0, 0.1) is 3.77 Å². The Labute approximate surface area is 189 Å². The molecule has 2 aromatic heterocycles. The fraction of sp³-hybridized carbons (Fsp3) is 0.238. The lowest BCUT2D eigenvalue weighted by Crippen LogP contribution is -2.24. The number of carbonyl (C=O) groups excluding carboxylic acids is 1. The number of thiophene rings is 1. The maximum Gasteiger partial charge on any atom is 0.254 e. The molecule has 1 N–H and O–H groups in total. The molecule has 28 heavy (non-hydrogen) atoms. The summed E-state index contributed by atoms with van der Waals surface area (Å²) >= 11 is 7.20. The van der Waals surface area contributed by atoms with Gasteiger partial charge in [-0.05, 0) is 52.7 Å². The molecule has 1 amide bonds. The van der Waals surface area contributed by atoms with Crippen LogP contribution in [-0.2, 0) is 19.4 Å². The molecule has 7 heteroatoms. The zero-order valence-corrected chi connectivity index (χ0v) is 19.6. The Kier molecular flexibility index (Phi) is 6.32. The van der Waals surface area contributed by atoms with Gasteiger partial charge in [-0.2, -0.15) is 0 Å². The van der Waals surface area contributed by atoms with Gasteiger partial charge in [0.2, 0.25) is 0 Å². The fourth-order valence-electron chi connectivity index (χ4n) is 3.29. The molecule has 2 heterocycles. The third kappa shape index (κ3) is 4.41. The number of furan rings is 1. The summed E-state index contributed by atoms with van der Waals surface area (Å²) in [6.45, 7) is 0.511. The monoisotopic (exact) mass is 568 g/mol. The first-order valence-electron chi connectivity index (χ1n) is 9.07. The molecular formula is C21H18BrIN2O2S. The minimum atomic E-state index is -0.0504. The van der Waals surface area contributed by atoms with Gasteiger partial charge in [0.05, 0.1) is 16.3 Å². The number of halogens is 2. The van der Waals surface area contributed by atoms with Crippen molar-refractivity contribution >= 4 is 67.0 Å². The predicted octanol–water partition coefficient (Wildman–Crippen LogP) is 6.27. The molecule has 3 aromatic rings. The van der Waals surface area contributed by atoms with E-state index in [2.05, 4.69) is 48.8 Å². The van der Waals surface area contributed by atoms with Crippen molar-refractivity contribution in [2.45, 2.75) is 32.2 Å². The summed E-state index contributed by atoms with van der Waals surface area (Å²) < 4.78 is 7.32. The highest BCUT2D eigenvalue weighted by Crippen LogP contribution is 2.40. The first-order chi connectivity index (χ1) is 13.6. The molecule has 0 unspecified atom stereocenters. The number of aliphatic imine (C=N–C) groups is 1. The molecular weight excluding hydrogens is 551 g/mol. The standard InChI is InChI=1S/C21H18BrIN2O2S/c22-16-10-14(27-19(16)23)12-25-21-18(15-8-4-5-9-17(15)28-21)20(26)24-11-13-6-2-1-3-7-13/h1-3,6-7,10,12H,4-5,8-9,11H2,(H,24,26). The molecule has 0 saturated carbocycles. The predicted molar refractivity (Wildman–Crippen MR) is 125 cm³/mol. The minimum absolute atomic E-state index is 0.0504. The third-order valence-electron chi connectivity index (χ3n) is 4.65. The second-order valence-corrected chi connectivity index (χ2v) is 9.51. The van der Waals surface area contributed by atoms with Crippen LogP contribution < -0.4 is 5.32 Å². The highest BCUT2D eigenvalue weighted by molar-refractivity contribution is 14.1. The lowest BCUT2D eigenvalue weighted by molar-refractivity contribution is 0.0951. The van der Waals surface area contributed by atoms with Gasteiger partial charge < -0.3 is 9.73 Å². The maximum atomic E-state index is 13.0. The molecule has 144 valence electrons. The molecule has 0 atom stereocenters. The topological polar surface area (TPSA) is 54.6 Å². The van der Waals surface area contributed by atoms with Crippen LogP contribution in [0.5, 0.6) is 0 Å². The molecule has 1 aliphatic carbocycles. The number of carbonyl (C=O) groups is 1. The van der Waals surface area contributed by atoms with Crippen molar-refractivity contribution in [3.05, 3.63) is 72.0 Å². The van der Waals surface area contributed by atoms with Crippen LogP contribution in [0.2, 0.25) is 0 Å². The maximum absolute atomic E-state index is 13.0. The van der Waals surface area contributed by atoms with Gasteiger partial charge in [0.1, 0.15) is 10.8 Å². The summed E-state index contributed by atoms with van der Waals surface area (Å²) in [5.74, 6) is 0.615. The van der Waals surface area contributed by atoms with E-state index in [0.29, 0.717) is 12.3 Å². The number of benzene rings is 1. The number of amides is 1. The molecule has 0 saturated heterocycles. The number of nitrogens with zero attached hydrogens (tertiary/aromatic N) is 1. The Morgan fingerprint density at radius 1 is 1.29 bits per heavy atom. The van der Waals surface area contributed by atoms with Gasteiger partial charge in [0.15, 0.2) is 3.77 Å². The number of rotatable bonds is 5. The summed E-state index contributed by atoms with van der Waals surface area (Å²) in [4.78, 5) is 18.9. The first kappa shape index (κ1) is 19.8. The molecule has 1 aliphatic rings. The van der Waals surface area contributed by atoms with Gasteiger partial charge >= 0.3 is 0 Å². The average Bonchev–Trinajstić information content (AvgIpc) is 3.24. The van der Waals surface area contributed by atoms with Crippen molar-refractivity contribution in [1.29, 1.82) is 0 Å². The van der Waals surface area contributed by atoms with Crippen molar-refractivity contribution in [3.63, 3.8) is 0 Å². The summed E-state index contributed by atoms with van der Waals surface area (Å²) in [6, 6.07) is 11.8. The normalized spacial score (nSPS) is 13.6. The summed E-state index contributed by atoms with van der Waals surface area (Å²) in [6.07, 6.45) is 5.96. The molecule has 4 nitrogen and oxygen atoms in total. The quantitative estimate of drug-likeness (QED) is 0.291. The highest BCUT2D eigenvalue weighted by atomic mass is 127. The van der Waals surface area contributed by atoms with Crippen molar-refractivity contribution in [2.24, 2.45) is 4.99 Å². The van der Waals surface area contributed by atoms with E-state index in [1.54, 1.807) is 17.6 Å². The van der Waals surface area contributed by atoms with Crippen molar-refractivity contribution < 1.29 is 9.21 Å². The van der Waals surface area contributed by atoms with Crippen LogP contribution in [0.1, 0.15) is 45.0 Å². The fourth-order valence-corrected chi connectivity index (χ4v) is 5.24. The smallest absolute Gasteiger partial charge is 0.254 e. The van der Waals surface area contributed by atoms with E-state index < -0.39 is 0 Å². The number of hydrogen-bond donors (Lipinski definition) is 1. The molecule has 0 bridgehead atoms. The number of nitrogens with one attached hydrogen (secondary N) is 1. The van der Waals surface area contributed by atoms with Crippen LogP contribution in [0.3, 0.4) is 0 Å². The van der Waals surface area contributed by atoms with Gasteiger partial charge in [-0.25, -0.2) is 4.99 Å². The Morgan fingerprint density at radius 2 is 2.07 bits per heavy atom. The zero-order valence-electron chi connectivity index (χ0n) is 15.0. The zero-order chi connectivity index (χ0) is 19.5. The van der Waals surface area contributed by atoms with Gasteiger partial charge in [-0.1, -0.05) is 30.3 Å². The Hall–Kier alpha value is -1.45.